The van der Waals surface area contributed by atoms with E-state index >= 15 is 0 Å². The smallest absolute Gasteiger partial charge is 0.313 e. The topological polar surface area (TPSA) is 68.0 Å². The number of carboxylic acid groups (broad SMARTS) is 1. The summed E-state index contributed by atoms with van der Waals surface area (Å²) in [5.41, 5.74) is 0.0643. The van der Waals surface area contributed by atoms with Crippen molar-refractivity contribution in [3.63, 3.8) is 0 Å². The Hall–Kier alpha value is -1.04. The largest absolute Gasteiger partial charge is 0.481 e. The fraction of sp³-hybridized carbons (Fsp3) is 0.769. The van der Waals surface area contributed by atoms with Crippen LogP contribution in [0, 0.1) is 0 Å². The van der Waals surface area contributed by atoms with Gasteiger partial charge in [-0.3, -0.25) is 4.79 Å². The van der Waals surface area contributed by atoms with Crippen molar-refractivity contribution in [1.82, 2.24) is 14.8 Å². The van der Waals surface area contributed by atoms with Crippen LogP contribution >= 0.6 is 11.8 Å². The molecule has 0 spiro atoms. The molecule has 0 aliphatic heterocycles. The molecule has 0 amide bonds. The first-order valence-corrected chi connectivity index (χ1v) is 7.85. The van der Waals surface area contributed by atoms with E-state index in [4.69, 9.17) is 5.11 Å². The van der Waals surface area contributed by atoms with E-state index in [2.05, 4.69) is 28.6 Å². The minimum atomic E-state index is -0.812. The maximum Gasteiger partial charge on any atom is 0.313 e. The minimum absolute atomic E-state index is 0.0420. The van der Waals surface area contributed by atoms with Gasteiger partial charge in [-0.05, 0) is 26.2 Å². The molecule has 0 radical (unpaired) electrons. The van der Waals surface area contributed by atoms with Crippen molar-refractivity contribution >= 4 is 17.7 Å². The second-order valence-electron chi connectivity index (χ2n) is 5.37. The van der Waals surface area contributed by atoms with Crippen LogP contribution in [-0.2, 0) is 16.8 Å². The van der Waals surface area contributed by atoms with Gasteiger partial charge >= 0.3 is 5.97 Å². The predicted molar refractivity (Wildman–Crippen MR) is 74.5 cm³/mol. The van der Waals surface area contributed by atoms with E-state index in [1.54, 1.807) is 0 Å². The molecule has 0 bridgehead atoms. The molecule has 0 atom stereocenters. The Labute approximate surface area is 117 Å². The molecule has 1 aromatic rings. The van der Waals surface area contributed by atoms with Gasteiger partial charge < -0.3 is 9.67 Å². The van der Waals surface area contributed by atoms with Gasteiger partial charge in [0, 0.05) is 12.0 Å². The molecule has 2 rings (SSSR count). The number of aromatic nitrogens is 3. The van der Waals surface area contributed by atoms with Crippen LogP contribution in [0.1, 0.15) is 51.8 Å². The number of rotatable bonds is 6. The van der Waals surface area contributed by atoms with Gasteiger partial charge in [-0.1, -0.05) is 31.5 Å². The second-order valence-corrected chi connectivity index (χ2v) is 6.31. The van der Waals surface area contributed by atoms with Gasteiger partial charge in [-0.15, -0.1) is 10.2 Å². The van der Waals surface area contributed by atoms with Gasteiger partial charge in [0.2, 0.25) is 0 Å². The van der Waals surface area contributed by atoms with Crippen molar-refractivity contribution in [2.45, 2.75) is 63.1 Å². The first-order chi connectivity index (χ1) is 9.07. The van der Waals surface area contributed by atoms with Crippen molar-refractivity contribution in [1.29, 1.82) is 0 Å². The van der Waals surface area contributed by atoms with Crippen molar-refractivity contribution < 1.29 is 9.90 Å². The van der Waals surface area contributed by atoms with Crippen LogP contribution in [0.5, 0.6) is 0 Å². The van der Waals surface area contributed by atoms with Crippen molar-refractivity contribution in [2.75, 3.05) is 5.75 Å². The third-order valence-electron chi connectivity index (χ3n) is 3.72. The van der Waals surface area contributed by atoms with Crippen LogP contribution in [0.2, 0.25) is 0 Å². The summed E-state index contributed by atoms with van der Waals surface area (Å²) in [4.78, 5) is 10.7. The molecule has 1 N–H and O–H groups in total. The summed E-state index contributed by atoms with van der Waals surface area (Å²) in [5, 5.41) is 18.1. The minimum Gasteiger partial charge on any atom is -0.481 e. The molecule has 6 heteroatoms. The zero-order valence-electron chi connectivity index (χ0n) is 11.6. The third kappa shape index (κ3) is 3.11. The number of hydrogen-bond acceptors (Lipinski definition) is 4. The van der Waals surface area contributed by atoms with Crippen LogP contribution in [0.4, 0.5) is 0 Å². The highest BCUT2D eigenvalue weighted by Gasteiger charge is 2.34. The normalized spacial score (nSPS) is 17.8. The predicted octanol–water partition coefficient (Wildman–Crippen LogP) is 2.70. The SMILES string of the molecule is CCCc1nnc(SCC(=O)O)n1C1(C)CCCC1. The van der Waals surface area contributed by atoms with Crippen LogP contribution in [0.15, 0.2) is 5.16 Å². The van der Waals surface area contributed by atoms with E-state index in [1.165, 1.54) is 24.6 Å². The molecule has 0 saturated heterocycles. The molecule has 0 unspecified atom stereocenters. The highest BCUT2D eigenvalue weighted by molar-refractivity contribution is 7.99. The molecule has 1 saturated carbocycles. The lowest BCUT2D eigenvalue weighted by Gasteiger charge is -2.28. The van der Waals surface area contributed by atoms with E-state index in [0.717, 1.165) is 36.7 Å². The molecular formula is C13H21N3O2S. The van der Waals surface area contributed by atoms with Crippen molar-refractivity contribution in [3.8, 4) is 0 Å². The average molecular weight is 283 g/mol. The Morgan fingerprint density at radius 3 is 2.68 bits per heavy atom. The molecule has 1 fully saturated rings. The van der Waals surface area contributed by atoms with Crippen LogP contribution in [-0.4, -0.2) is 31.6 Å². The number of carboxylic acids is 1. The van der Waals surface area contributed by atoms with Gasteiger partial charge in [0.15, 0.2) is 5.16 Å². The maximum atomic E-state index is 10.7. The Kier molecular flexibility index (Phi) is 4.50. The zero-order chi connectivity index (χ0) is 13.9. The van der Waals surface area contributed by atoms with E-state index in [0.29, 0.717) is 0 Å². The van der Waals surface area contributed by atoms with E-state index < -0.39 is 5.97 Å². The first-order valence-electron chi connectivity index (χ1n) is 6.86. The van der Waals surface area contributed by atoms with Gasteiger partial charge in [-0.2, -0.15) is 0 Å². The van der Waals surface area contributed by atoms with Crippen molar-refractivity contribution in [2.24, 2.45) is 0 Å². The summed E-state index contributed by atoms with van der Waals surface area (Å²) in [6, 6.07) is 0. The highest BCUT2D eigenvalue weighted by Crippen LogP contribution is 2.39. The lowest BCUT2D eigenvalue weighted by molar-refractivity contribution is -0.133. The monoisotopic (exact) mass is 283 g/mol. The summed E-state index contributed by atoms with van der Waals surface area (Å²) in [7, 11) is 0. The zero-order valence-corrected chi connectivity index (χ0v) is 12.4. The molecule has 1 heterocycles. The van der Waals surface area contributed by atoms with Crippen LogP contribution in [0.3, 0.4) is 0 Å². The Morgan fingerprint density at radius 1 is 1.42 bits per heavy atom. The quantitative estimate of drug-likeness (QED) is 0.813. The Morgan fingerprint density at radius 2 is 2.11 bits per heavy atom. The summed E-state index contributed by atoms with van der Waals surface area (Å²) in [5.74, 6) is 0.230. The van der Waals surface area contributed by atoms with Crippen LogP contribution in [0.25, 0.3) is 0 Å². The summed E-state index contributed by atoms with van der Waals surface area (Å²) < 4.78 is 2.21. The number of aryl methyl sites for hydroxylation is 1. The summed E-state index contributed by atoms with van der Waals surface area (Å²) in [6.07, 6.45) is 6.63. The van der Waals surface area contributed by atoms with E-state index in [-0.39, 0.29) is 11.3 Å². The molecule has 0 aromatic carbocycles. The molecule has 1 aromatic heterocycles. The standard InChI is InChI=1S/C13H21N3O2S/c1-3-6-10-14-15-12(19-9-11(17)18)16(10)13(2)7-4-5-8-13/h3-9H2,1-2H3,(H,17,18). The summed E-state index contributed by atoms with van der Waals surface area (Å²) >= 11 is 1.28. The van der Waals surface area contributed by atoms with Gasteiger partial charge in [0.05, 0.1) is 5.75 Å². The molecule has 106 valence electrons. The third-order valence-corrected chi connectivity index (χ3v) is 4.63. The van der Waals surface area contributed by atoms with Crippen molar-refractivity contribution in [3.05, 3.63) is 5.82 Å². The molecule has 5 nitrogen and oxygen atoms in total. The maximum absolute atomic E-state index is 10.7. The fourth-order valence-corrected chi connectivity index (χ4v) is 3.61. The lowest BCUT2D eigenvalue weighted by Crippen LogP contribution is -2.29. The number of thioether (sulfide) groups is 1. The second kappa shape index (κ2) is 5.94. The van der Waals surface area contributed by atoms with Gasteiger partial charge in [-0.25, -0.2) is 0 Å². The lowest BCUT2D eigenvalue weighted by atomic mass is 10.00. The molecule has 19 heavy (non-hydrogen) atoms. The number of carbonyl (C=O) groups is 1. The highest BCUT2D eigenvalue weighted by atomic mass is 32.2. The van der Waals surface area contributed by atoms with Gasteiger partial charge in [0.25, 0.3) is 0 Å². The Bertz CT molecular complexity index is 453. The molecule has 1 aliphatic rings. The van der Waals surface area contributed by atoms with E-state index in [9.17, 15) is 4.79 Å². The van der Waals surface area contributed by atoms with Gasteiger partial charge in [0.1, 0.15) is 5.82 Å². The first kappa shape index (κ1) is 14.4. The number of hydrogen-bond donors (Lipinski definition) is 1. The Balaban J connectivity index is 2.30. The number of nitrogens with zero attached hydrogens (tertiary/aromatic N) is 3. The fourth-order valence-electron chi connectivity index (χ4n) is 2.81. The van der Waals surface area contributed by atoms with E-state index in [1.807, 2.05) is 0 Å². The molecular weight excluding hydrogens is 262 g/mol. The number of aliphatic carboxylic acids is 1. The van der Waals surface area contributed by atoms with Crippen LogP contribution < -0.4 is 0 Å². The molecule has 1 aliphatic carbocycles. The average Bonchev–Trinajstić information content (AvgIpc) is 2.95. The summed E-state index contributed by atoms with van der Waals surface area (Å²) in [6.45, 7) is 4.37.